The van der Waals surface area contributed by atoms with E-state index in [0.717, 1.165) is 30.8 Å². The minimum atomic E-state index is -0.701. The first kappa shape index (κ1) is 17.4. The predicted octanol–water partition coefficient (Wildman–Crippen LogP) is 3.12. The number of nitrogens with one attached hydrogen (secondary N) is 1. The van der Waals surface area contributed by atoms with E-state index in [1.54, 1.807) is 0 Å². The quantitative estimate of drug-likeness (QED) is 0.846. The lowest BCUT2D eigenvalue weighted by atomic mass is 9.95. The Morgan fingerprint density at radius 2 is 1.95 bits per heavy atom. The lowest BCUT2D eigenvalue weighted by Gasteiger charge is -2.32. The SMILES string of the molecule is CCc1ccc(C(C)CC(=O)NCC2(O)CCSCC2)cc1. The second-order valence-corrected chi connectivity index (χ2v) is 7.54. The van der Waals surface area contributed by atoms with Crippen LogP contribution in [0.4, 0.5) is 0 Å². The van der Waals surface area contributed by atoms with E-state index in [9.17, 15) is 9.90 Å². The molecule has 3 nitrogen and oxygen atoms in total. The van der Waals surface area contributed by atoms with Gasteiger partial charge in [-0.2, -0.15) is 11.8 Å². The third-order valence-electron chi connectivity index (χ3n) is 4.49. The molecule has 1 saturated heterocycles. The van der Waals surface area contributed by atoms with Crippen LogP contribution in [0, 0.1) is 0 Å². The fraction of sp³-hybridized carbons (Fsp3) is 0.611. The topological polar surface area (TPSA) is 49.3 Å². The largest absolute Gasteiger partial charge is 0.388 e. The Morgan fingerprint density at radius 3 is 2.55 bits per heavy atom. The fourth-order valence-electron chi connectivity index (χ4n) is 2.74. The second kappa shape index (κ2) is 8.02. The first-order valence-electron chi connectivity index (χ1n) is 8.18. The van der Waals surface area contributed by atoms with Crippen molar-refractivity contribution in [1.29, 1.82) is 0 Å². The first-order chi connectivity index (χ1) is 10.5. The molecule has 1 amide bonds. The molecule has 0 radical (unpaired) electrons. The van der Waals surface area contributed by atoms with Crippen LogP contribution in [0.5, 0.6) is 0 Å². The molecule has 1 aromatic carbocycles. The van der Waals surface area contributed by atoms with Crippen LogP contribution in [0.2, 0.25) is 0 Å². The molecule has 1 aromatic rings. The number of carbonyl (C=O) groups excluding carboxylic acids is 1. The number of carbonyl (C=O) groups is 1. The lowest BCUT2D eigenvalue weighted by molar-refractivity contribution is -0.122. The zero-order valence-electron chi connectivity index (χ0n) is 13.6. The summed E-state index contributed by atoms with van der Waals surface area (Å²) >= 11 is 1.87. The van der Waals surface area contributed by atoms with Crippen molar-refractivity contribution in [2.75, 3.05) is 18.1 Å². The molecule has 0 bridgehead atoms. The maximum absolute atomic E-state index is 12.1. The summed E-state index contributed by atoms with van der Waals surface area (Å²) in [5, 5.41) is 13.3. The Bertz CT molecular complexity index is 480. The summed E-state index contributed by atoms with van der Waals surface area (Å²) in [6.45, 7) is 4.60. The van der Waals surface area contributed by atoms with E-state index < -0.39 is 5.60 Å². The van der Waals surface area contributed by atoms with E-state index in [-0.39, 0.29) is 11.8 Å². The van der Waals surface area contributed by atoms with E-state index in [0.29, 0.717) is 13.0 Å². The molecule has 0 aliphatic carbocycles. The number of hydrogen-bond acceptors (Lipinski definition) is 3. The van der Waals surface area contributed by atoms with Crippen molar-refractivity contribution in [2.24, 2.45) is 0 Å². The van der Waals surface area contributed by atoms with Crippen molar-refractivity contribution in [1.82, 2.24) is 5.32 Å². The molecule has 1 unspecified atom stereocenters. The summed E-state index contributed by atoms with van der Waals surface area (Å²) in [4.78, 5) is 12.1. The number of hydrogen-bond donors (Lipinski definition) is 2. The van der Waals surface area contributed by atoms with Crippen LogP contribution in [0.15, 0.2) is 24.3 Å². The molecule has 122 valence electrons. The Balaban J connectivity index is 1.80. The van der Waals surface area contributed by atoms with Crippen LogP contribution >= 0.6 is 11.8 Å². The molecule has 1 fully saturated rings. The number of rotatable bonds is 6. The molecule has 0 saturated carbocycles. The van der Waals surface area contributed by atoms with E-state index in [4.69, 9.17) is 0 Å². The standard InChI is InChI=1S/C18H27NO2S/c1-3-15-4-6-16(7-5-15)14(2)12-17(20)19-13-18(21)8-10-22-11-9-18/h4-7,14,21H,3,8-13H2,1-2H3,(H,19,20). The summed E-state index contributed by atoms with van der Waals surface area (Å²) in [7, 11) is 0. The van der Waals surface area contributed by atoms with Gasteiger partial charge in [-0.15, -0.1) is 0 Å². The number of thioether (sulfide) groups is 1. The highest BCUT2D eigenvalue weighted by molar-refractivity contribution is 7.99. The molecule has 1 heterocycles. The molecule has 0 spiro atoms. The Labute approximate surface area is 137 Å². The molecule has 22 heavy (non-hydrogen) atoms. The third-order valence-corrected chi connectivity index (χ3v) is 5.47. The van der Waals surface area contributed by atoms with Gasteiger partial charge < -0.3 is 10.4 Å². The molecule has 0 aromatic heterocycles. The third kappa shape index (κ3) is 5.03. The molecule has 2 N–H and O–H groups in total. The lowest BCUT2D eigenvalue weighted by Crippen LogP contribution is -2.45. The minimum absolute atomic E-state index is 0.0266. The number of benzene rings is 1. The van der Waals surface area contributed by atoms with Crippen molar-refractivity contribution >= 4 is 17.7 Å². The van der Waals surface area contributed by atoms with Gasteiger partial charge in [0.05, 0.1) is 5.60 Å². The van der Waals surface area contributed by atoms with Crippen molar-refractivity contribution in [2.45, 2.75) is 51.0 Å². The van der Waals surface area contributed by atoms with Crippen LogP contribution in [-0.2, 0) is 11.2 Å². The molecule has 1 aliphatic rings. The molecule has 1 aliphatic heterocycles. The van der Waals surface area contributed by atoms with Crippen LogP contribution in [0.3, 0.4) is 0 Å². The highest BCUT2D eigenvalue weighted by atomic mass is 32.2. The van der Waals surface area contributed by atoms with Gasteiger partial charge in [0.15, 0.2) is 0 Å². The molecular formula is C18H27NO2S. The van der Waals surface area contributed by atoms with Gasteiger partial charge in [-0.25, -0.2) is 0 Å². The van der Waals surface area contributed by atoms with Gasteiger partial charge in [0.2, 0.25) is 5.91 Å². The Kier molecular flexibility index (Phi) is 6.33. The van der Waals surface area contributed by atoms with E-state index >= 15 is 0 Å². The first-order valence-corrected chi connectivity index (χ1v) is 9.33. The van der Waals surface area contributed by atoms with Crippen molar-refractivity contribution in [3.8, 4) is 0 Å². The summed E-state index contributed by atoms with van der Waals surface area (Å²) in [5.74, 6) is 2.18. The summed E-state index contributed by atoms with van der Waals surface area (Å²) in [6, 6.07) is 8.49. The van der Waals surface area contributed by atoms with Gasteiger partial charge in [0.1, 0.15) is 0 Å². The zero-order chi connectivity index (χ0) is 16.0. The fourth-order valence-corrected chi connectivity index (χ4v) is 3.99. The Morgan fingerprint density at radius 1 is 1.32 bits per heavy atom. The predicted molar refractivity (Wildman–Crippen MR) is 93.4 cm³/mol. The maximum atomic E-state index is 12.1. The van der Waals surface area contributed by atoms with Gasteiger partial charge in [0, 0.05) is 13.0 Å². The number of aryl methyl sites for hydroxylation is 1. The normalized spacial score (nSPS) is 18.7. The average Bonchev–Trinajstić information content (AvgIpc) is 2.54. The van der Waals surface area contributed by atoms with Crippen LogP contribution < -0.4 is 5.32 Å². The minimum Gasteiger partial charge on any atom is -0.388 e. The highest BCUT2D eigenvalue weighted by Crippen LogP contribution is 2.26. The second-order valence-electron chi connectivity index (χ2n) is 6.31. The average molecular weight is 321 g/mol. The summed E-state index contributed by atoms with van der Waals surface area (Å²) < 4.78 is 0. The van der Waals surface area contributed by atoms with E-state index in [1.807, 2.05) is 11.8 Å². The highest BCUT2D eigenvalue weighted by Gasteiger charge is 2.29. The van der Waals surface area contributed by atoms with E-state index in [2.05, 4.69) is 43.4 Å². The Hall–Kier alpha value is -1.00. The molecule has 1 atom stereocenters. The van der Waals surface area contributed by atoms with Crippen molar-refractivity contribution in [3.63, 3.8) is 0 Å². The van der Waals surface area contributed by atoms with Gasteiger partial charge >= 0.3 is 0 Å². The van der Waals surface area contributed by atoms with Crippen LogP contribution in [-0.4, -0.2) is 34.7 Å². The van der Waals surface area contributed by atoms with Gasteiger partial charge in [-0.3, -0.25) is 4.79 Å². The monoisotopic (exact) mass is 321 g/mol. The summed E-state index contributed by atoms with van der Waals surface area (Å²) in [5.41, 5.74) is 1.81. The number of aliphatic hydroxyl groups is 1. The smallest absolute Gasteiger partial charge is 0.220 e. The maximum Gasteiger partial charge on any atom is 0.220 e. The van der Waals surface area contributed by atoms with Gasteiger partial charge in [0.25, 0.3) is 0 Å². The van der Waals surface area contributed by atoms with Crippen molar-refractivity contribution < 1.29 is 9.90 Å². The van der Waals surface area contributed by atoms with Crippen LogP contribution in [0.1, 0.15) is 50.2 Å². The molecular weight excluding hydrogens is 294 g/mol. The van der Waals surface area contributed by atoms with Gasteiger partial charge in [-0.1, -0.05) is 38.1 Å². The summed E-state index contributed by atoms with van der Waals surface area (Å²) in [6.07, 6.45) is 3.04. The van der Waals surface area contributed by atoms with Gasteiger partial charge in [-0.05, 0) is 47.8 Å². The molecule has 2 rings (SSSR count). The van der Waals surface area contributed by atoms with Crippen molar-refractivity contribution in [3.05, 3.63) is 35.4 Å². The zero-order valence-corrected chi connectivity index (χ0v) is 14.4. The number of amides is 1. The van der Waals surface area contributed by atoms with E-state index in [1.165, 1.54) is 11.1 Å². The van der Waals surface area contributed by atoms with Crippen LogP contribution in [0.25, 0.3) is 0 Å². The molecule has 4 heteroatoms.